The summed E-state index contributed by atoms with van der Waals surface area (Å²) < 4.78 is 33.8. The van der Waals surface area contributed by atoms with Gasteiger partial charge in [0.15, 0.2) is 10.8 Å². The summed E-state index contributed by atoms with van der Waals surface area (Å²) in [6, 6.07) is -0.0624. The number of thioether (sulfide) groups is 1. The van der Waals surface area contributed by atoms with Crippen LogP contribution in [-0.4, -0.2) is 118 Å². The number of fused-ring (bicyclic) bond motifs is 1. The molecule has 1 aromatic carbocycles. The number of nitrogens with one attached hydrogen (secondary N) is 1. The molecule has 0 bridgehead atoms. The average molecular weight is 870 g/mol. The van der Waals surface area contributed by atoms with Crippen LogP contribution in [0.1, 0.15) is 67.2 Å². The van der Waals surface area contributed by atoms with Gasteiger partial charge in [-0.15, -0.1) is 23.1 Å². The van der Waals surface area contributed by atoms with E-state index in [9.17, 15) is 38.7 Å². The van der Waals surface area contributed by atoms with Crippen molar-refractivity contribution in [3.8, 4) is 0 Å². The molecule has 0 radical (unpaired) electrons. The topological polar surface area (TPSA) is 251 Å². The van der Waals surface area contributed by atoms with Gasteiger partial charge < -0.3 is 44.7 Å². The fraction of sp³-hybridized carbons (Fsp3) is 0.447. The minimum Gasteiger partial charge on any atom is -0.477 e. The number of piperidine rings is 1. The first-order valence-electron chi connectivity index (χ1n) is 18.9. The molecule has 7 rings (SSSR count). The zero-order valence-corrected chi connectivity index (χ0v) is 34.2. The number of β-lactam (4-membered cyclic amide) rings is 1. The number of oxime groups is 1. The van der Waals surface area contributed by atoms with Gasteiger partial charge in [-0.05, 0) is 25.8 Å². The number of esters is 3. The molecule has 0 saturated carbocycles. The van der Waals surface area contributed by atoms with Gasteiger partial charge in [0.1, 0.15) is 60.6 Å². The number of nitrogens with zero attached hydrogens (tertiary/aromatic N) is 5. The fourth-order valence-corrected chi connectivity index (χ4v) is 9.61. The van der Waals surface area contributed by atoms with Crippen molar-refractivity contribution in [2.24, 2.45) is 5.16 Å². The lowest BCUT2D eigenvalue weighted by molar-refractivity contribution is -0.156. The summed E-state index contributed by atoms with van der Waals surface area (Å²) in [5.41, 5.74) is 6.10. The highest BCUT2D eigenvalue weighted by Gasteiger charge is 2.55. The lowest BCUT2D eigenvalue weighted by Crippen LogP contribution is -2.71. The molecule has 2 fully saturated rings. The number of aromatic carboxylic acids is 1. The van der Waals surface area contributed by atoms with Gasteiger partial charge in [0.2, 0.25) is 5.43 Å². The van der Waals surface area contributed by atoms with Crippen molar-refractivity contribution in [3.05, 3.63) is 61.8 Å². The summed E-state index contributed by atoms with van der Waals surface area (Å²) in [6.07, 6.45) is 2.33. The molecule has 0 aliphatic carbocycles. The summed E-state index contributed by atoms with van der Waals surface area (Å²) >= 11 is 2.31. The molecule has 3 atom stereocenters. The molecule has 60 heavy (non-hydrogen) atoms. The minimum atomic E-state index is -1.38. The number of hydrogen-bond acceptors (Lipinski definition) is 17. The highest BCUT2D eigenvalue weighted by molar-refractivity contribution is 8.00. The number of hydrogen-bond donors (Lipinski definition) is 3. The van der Waals surface area contributed by atoms with E-state index < -0.39 is 76.6 Å². The molecular formula is C38H40FN7O12S2. The second-order valence-corrected chi connectivity index (χ2v) is 16.4. The van der Waals surface area contributed by atoms with Crippen LogP contribution in [0, 0.1) is 5.82 Å². The molecule has 318 valence electrons. The van der Waals surface area contributed by atoms with E-state index in [0.29, 0.717) is 61.1 Å². The lowest BCUT2D eigenvalue weighted by atomic mass is 9.93. The molecule has 19 nitrogen and oxygen atoms in total. The minimum absolute atomic E-state index is 0.0210. The monoisotopic (exact) mass is 869 g/mol. The normalized spacial score (nSPS) is 20.3. The van der Waals surface area contributed by atoms with Crippen molar-refractivity contribution < 1.29 is 57.3 Å². The van der Waals surface area contributed by atoms with Crippen molar-refractivity contribution in [1.82, 2.24) is 19.8 Å². The van der Waals surface area contributed by atoms with Crippen LogP contribution in [0.5, 0.6) is 0 Å². The van der Waals surface area contributed by atoms with Crippen molar-refractivity contribution in [3.63, 3.8) is 0 Å². The second kappa shape index (κ2) is 17.3. The van der Waals surface area contributed by atoms with Gasteiger partial charge in [-0.3, -0.25) is 28.9 Å². The maximum Gasteiger partial charge on any atom is 0.355 e. The van der Waals surface area contributed by atoms with Crippen LogP contribution in [-0.2, 0) is 49.4 Å². The van der Waals surface area contributed by atoms with Crippen molar-refractivity contribution >= 4 is 86.2 Å². The van der Waals surface area contributed by atoms with Gasteiger partial charge in [-0.2, -0.15) is 0 Å². The highest BCUT2D eigenvalue weighted by atomic mass is 32.2. The first-order chi connectivity index (χ1) is 28.7. The summed E-state index contributed by atoms with van der Waals surface area (Å²) in [5.74, 6) is -5.47. The molecule has 0 spiro atoms. The van der Waals surface area contributed by atoms with Gasteiger partial charge >= 0.3 is 23.9 Å². The largest absolute Gasteiger partial charge is 0.477 e. The number of aryl methyl sites for hydroxylation is 1. The third-order valence-electron chi connectivity index (χ3n) is 10.6. The quantitative estimate of drug-likeness (QED) is 0.0731. The first kappa shape index (κ1) is 42.1. The smallest absolute Gasteiger partial charge is 0.355 e. The number of nitrogen functional groups attached to an aromatic ring is 1. The average Bonchev–Trinajstić information content (AvgIpc) is 3.65. The Labute approximate surface area is 348 Å². The SMILES string of the molecule is CO/N=C(\C(=O)N[C@H]1C(=O)N2C(C(=O)OCCC(=O)OC3CCN(c4c(F)cc5c(=O)c(C(=O)O)cn6c5c4CCC6C)CC3)=C(COC(C)=O)CS[C@@H]12)c1csc(N)n1. The van der Waals surface area contributed by atoms with E-state index in [1.165, 1.54) is 37.4 Å². The van der Waals surface area contributed by atoms with Crippen LogP contribution in [0.15, 0.2) is 38.9 Å². The number of pyridine rings is 1. The maximum absolute atomic E-state index is 15.8. The fourth-order valence-electron chi connectivity index (χ4n) is 7.74. The van der Waals surface area contributed by atoms with E-state index in [4.69, 9.17) is 24.8 Å². The number of carbonyl (C=O) groups is 6. The number of ether oxygens (including phenoxy) is 3. The standard InChI is InChI=1S/C38H40FN7O12S2/c1-17-4-5-21-30-22(32(49)23(36(52)53)13-45(17)30)12-24(39)31(21)44-9-6-20(7-10-44)58-26(48)8-11-56-37(54)29-19(14-57-18(2)47)15-59-35-28(34(51)46(29)35)42-33(50)27(43-55-3)25-16-60-38(40)41-25/h12-13,16-17,20,28,35H,4-11,14-15H2,1-3H3,(H2,40,41)(H,42,50)(H,52,53)/b43-27-/t17?,28-,35-/m0/s1. The number of carbonyl (C=O) groups excluding carboxylic acids is 5. The van der Waals surface area contributed by atoms with Gasteiger partial charge in [-0.25, -0.2) is 19.0 Å². The van der Waals surface area contributed by atoms with E-state index in [2.05, 4.69) is 15.5 Å². The number of rotatable bonds is 13. The molecule has 6 heterocycles. The van der Waals surface area contributed by atoms with Crippen molar-refractivity contribution in [1.29, 1.82) is 0 Å². The molecule has 2 saturated heterocycles. The van der Waals surface area contributed by atoms with Crippen LogP contribution < -0.4 is 21.4 Å². The Morgan fingerprint density at radius 2 is 1.88 bits per heavy atom. The van der Waals surface area contributed by atoms with Gasteiger partial charge in [0.05, 0.1) is 17.6 Å². The maximum atomic E-state index is 15.8. The number of aromatic nitrogens is 2. The molecule has 22 heteroatoms. The number of thiazole rings is 1. The zero-order chi connectivity index (χ0) is 43.0. The Balaban J connectivity index is 0.956. The molecule has 2 amide bonds. The third-order valence-corrected chi connectivity index (χ3v) is 12.6. The summed E-state index contributed by atoms with van der Waals surface area (Å²) in [7, 11) is 1.24. The van der Waals surface area contributed by atoms with Gasteiger partial charge in [-0.1, -0.05) is 5.16 Å². The molecule has 4 N–H and O–H groups in total. The molecule has 4 aliphatic rings. The Hall–Kier alpha value is -6.03. The highest BCUT2D eigenvalue weighted by Crippen LogP contribution is 2.42. The molecule has 4 aliphatic heterocycles. The Kier molecular flexibility index (Phi) is 12.1. The molecular weight excluding hydrogens is 830 g/mol. The number of nitrogens with two attached hydrogens (primary N) is 1. The van der Waals surface area contributed by atoms with E-state index in [1.54, 1.807) is 4.57 Å². The summed E-state index contributed by atoms with van der Waals surface area (Å²) in [5, 5.41) is 16.9. The number of carboxylic acid groups (broad SMARTS) is 1. The molecule has 1 unspecified atom stereocenters. The molecule has 2 aromatic heterocycles. The summed E-state index contributed by atoms with van der Waals surface area (Å²) in [4.78, 5) is 101. The van der Waals surface area contributed by atoms with Crippen molar-refractivity contribution in [2.75, 3.05) is 49.8 Å². The predicted octanol–water partition coefficient (Wildman–Crippen LogP) is 2.10. The number of benzene rings is 1. The van der Waals surface area contributed by atoms with Crippen LogP contribution in [0.4, 0.5) is 15.2 Å². The number of anilines is 2. The van der Waals surface area contributed by atoms with E-state index >= 15 is 4.39 Å². The zero-order valence-electron chi connectivity index (χ0n) is 32.6. The van der Waals surface area contributed by atoms with E-state index in [0.717, 1.165) is 22.3 Å². The van der Waals surface area contributed by atoms with Gasteiger partial charge in [0, 0.05) is 72.7 Å². The van der Waals surface area contributed by atoms with Crippen LogP contribution >= 0.6 is 23.1 Å². The summed E-state index contributed by atoms with van der Waals surface area (Å²) in [6.45, 7) is 3.07. The first-order valence-corrected chi connectivity index (χ1v) is 20.8. The number of amides is 2. The van der Waals surface area contributed by atoms with Crippen LogP contribution in [0.2, 0.25) is 0 Å². The van der Waals surface area contributed by atoms with E-state index in [-0.39, 0.29) is 52.4 Å². The third kappa shape index (κ3) is 8.12. The van der Waals surface area contributed by atoms with Crippen LogP contribution in [0.3, 0.4) is 0 Å². The number of carboxylic acids is 1. The lowest BCUT2D eigenvalue weighted by Gasteiger charge is -2.49. The number of halogens is 1. The Morgan fingerprint density at radius 1 is 1.13 bits per heavy atom. The predicted molar refractivity (Wildman–Crippen MR) is 214 cm³/mol. The van der Waals surface area contributed by atoms with Crippen molar-refractivity contribution in [2.45, 2.75) is 69.5 Å². The Morgan fingerprint density at radius 3 is 2.55 bits per heavy atom. The van der Waals surface area contributed by atoms with E-state index in [1.807, 2.05) is 11.8 Å². The van der Waals surface area contributed by atoms with Crippen LogP contribution in [0.25, 0.3) is 10.9 Å². The Bertz CT molecular complexity index is 2430. The molecule has 3 aromatic rings. The second-order valence-electron chi connectivity index (χ2n) is 14.4. The van der Waals surface area contributed by atoms with Gasteiger partial charge in [0.25, 0.3) is 11.8 Å².